The molecule has 1 aromatic heterocycles. The highest BCUT2D eigenvalue weighted by Gasteiger charge is 2.19. The monoisotopic (exact) mass is 519 g/mol. The first kappa shape index (κ1) is 25.4. The third-order valence-corrected chi connectivity index (χ3v) is 6.14. The summed E-state index contributed by atoms with van der Waals surface area (Å²) in [7, 11) is 0. The quantitative estimate of drug-likeness (QED) is 0.301. The summed E-state index contributed by atoms with van der Waals surface area (Å²) in [6, 6.07) is 24.6. The van der Waals surface area contributed by atoms with Crippen LogP contribution in [0.4, 0.5) is 5.69 Å². The Morgan fingerprint density at radius 1 is 0.889 bits per heavy atom. The minimum Gasteiger partial charge on any atom is -0.395 e. The van der Waals surface area contributed by atoms with Crippen molar-refractivity contribution in [1.29, 1.82) is 0 Å². The second-order valence-corrected chi connectivity index (χ2v) is 8.81. The fourth-order valence-corrected chi connectivity index (χ4v) is 4.19. The summed E-state index contributed by atoms with van der Waals surface area (Å²) in [4.78, 5) is 31.9. The molecule has 2 N–H and O–H groups in total. The van der Waals surface area contributed by atoms with E-state index in [1.165, 1.54) is 17.0 Å². The van der Waals surface area contributed by atoms with Crippen LogP contribution in [-0.4, -0.2) is 40.0 Å². The molecule has 0 saturated heterocycles. The van der Waals surface area contributed by atoms with Gasteiger partial charge in [-0.25, -0.2) is 0 Å². The number of halogens is 2. The Morgan fingerprint density at radius 3 is 2.36 bits per heavy atom. The van der Waals surface area contributed by atoms with E-state index in [9.17, 15) is 14.7 Å². The molecule has 0 aliphatic carbocycles. The average molecular weight is 520 g/mol. The van der Waals surface area contributed by atoms with Crippen molar-refractivity contribution in [3.05, 3.63) is 118 Å². The number of aliphatic hydroxyl groups is 1. The zero-order valence-corrected chi connectivity index (χ0v) is 20.7. The van der Waals surface area contributed by atoms with Crippen molar-refractivity contribution < 1.29 is 14.7 Å². The van der Waals surface area contributed by atoms with Gasteiger partial charge in [0.1, 0.15) is 0 Å². The van der Waals surface area contributed by atoms with E-state index in [1.807, 2.05) is 48.5 Å². The van der Waals surface area contributed by atoms with Gasteiger partial charge in [0.05, 0.1) is 27.9 Å². The highest BCUT2D eigenvalue weighted by molar-refractivity contribution is 6.35. The van der Waals surface area contributed by atoms with E-state index in [0.717, 1.165) is 5.56 Å². The second kappa shape index (κ2) is 11.8. The van der Waals surface area contributed by atoms with Gasteiger partial charge < -0.3 is 15.3 Å². The molecule has 4 rings (SSSR count). The highest BCUT2D eigenvalue weighted by Crippen LogP contribution is 2.30. The van der Waals surface area contributed by atoms with E-state index in [-0.39, 0.29) is 29.6 Å². The number of aliphatic hydroxyl groups excluding tert-OH is 1. The van der Waals surface area contributed by atoms with Crippen LogP contribution in [0.5, 0.6) is 0 Å². The molecule has 0 spiro atoms. The van der Waals surface area contributed by atoms with Crippen LogP contribution in [0.25, 0.3) is 11.3 Å². The number of benzene rings is 3. The van der Waals surface area contributed by atoms with Crippen LogP contribution in [0.15, 0.2) is 91.1 Å². The van der Waals surface area contributed by atoms with Crippen molar-refractivity contribution in [3.8, 4) is 11.3 Å². The lowest BCUT2D eigenvalue weighted by Crippen LogP contribution is -2.33. The molecule has 4 aromatic rings. The van der Waals surface area contributed by atoms with E-state index in [4.69, 9.17) is 23.2 Å². The van der Waals surface area contributed by atoms with Crippen LogP contribution >= 0.6 is 23.2 Å². The maximum atomic E-state index is 13.1. The van der Waals surface area contributed by atoms with Crippen LogP contribution in [0.1, 0.15) is 26.3 Å². The van der Waals surface area contributed by atoms with E-state index in [0.29, 0.717) is 34.1 Å². The maximum Gasteiger partial charge on any atom is 0.257 e. The average Bonchev–Trinajstić information content (AvgIpc) is 2.90. The number of nitrogens with zero attached hydrogens (tertiary/aromatic N) is 2. The maximum absolute atomic E-state index is 13.1. The number of hydrogen-bond donors (Lipinski definition) is 2. The fourth-order valence-electron chi connectivity index (χ4n) is 3.71. The SMILES string of the molecule is O=C(Nc1ccc(Cl)c(-c2ccccn2)c1)c1ccc(C(=O)N(CCO)Cc2ccccc2)cc1Cl. The van der Waals surface area contributed by atoms with Gasteiger partial charge in [-0.1, -0.05) is 59.6 Å². The third kappa shape index (κ3) is 6.10. The Kier molecular flexibility index (Phi) is 8.33. The van der Waals surface area contributed by atoms with Crippen molar-refractivity contribution in [2.75, 3.05) is 18.5 Å². The zero-order chi connectivity index (χ0) is 25.5. The molecule has 0 radical (unpaired) electrons. The number of carbonyl (C=O) groups is 2. The number of rotatable bonds is 8. The van der Waals surface area contributed by atoms with Gasteiger partial charge in [0.25, 0.3) is 11.8 Å². The number of anilines is 1. The summed E-state index contributed by atoms with van der Waals surface area (Å²) in [5.41, 5.74) is 3.38. The van der Waals surface area contributed by atoms with Crippen LogP contribution < -0.4 is 5.32 Å². The van der Waals surface area contributed by atoms with E-state index >= 15 is 0 Å². The summed E-state index contributed by atoms with van der Waals surface area (Å²) in [6.07, 6.45) is 1.67. The molecule has 0 unspecified atom stereocenters. The molecular formula is C28H23Cl2N3O3. The molecule has 6 nitrogen and oxygen atoms in total. The van der Waals surface area contributed by atoms with Crippen molar-refractivity contribution in [3.63, 3.8) is 0 Å². The number of carbonyl (C=O) groups excluding carboxylic acids is 2. The van der Waals surface area contributed by atoms with Gasteiger partial charge in [-0.3, -0.25) is 14.6 Å². The third-order valence-electron chi connectivity index (χ3n) is 5.50. The Bertz CT molecular complexity index is 1370. The van der Waals surface area contributed by atoms with Crippen LogP contribution in [0.2, 0.25) is 10.0 Å². The molecule has 0 aliphatic rings. The Labute approximate surface area is 219 Å². The normalized spacial score (nSPS) is 10.6. The molecular weight excluding hydrogens is 497 g/mol. The first-order valence-corrected chi connectivity index (χ1v) is 12.0. The Balaban J connectivity index is 1.51. The molecule has 0 bridgehead atoms. The smallest absolute Gasteiger partial charge is 0.257 e. The topological polar surface area (TPSA) is 82.5 Å². The number of nitrogens with one attached hydrogen (secondary N) is 1. The molecule has 0 fully saturated rings. The van der Waals surface area contributed by atoms with Crippen LogP contribution in [0.3, 0.4) is 0 Å². The lowest BCUT2D eigenvalue weighted by Gasteiger charge is -2.22. The zero-order valence-electron chi connectivity index (χ0n) is 19.2. The standard InChI is InChI=1S/C28H23Cl2N3O3/c29-24-12-10-21(17-23(24)26-8-4-5-13-31-26)32-27(35)22-11-9-20(16-25(22)30)28(36)33(14-15-34)18-19-6-2-1-3-7-19/h1-13,16-17,34H,14-15,18H2,(H,32,35). The van der Waals surface area contributed by atoms with Gasteiger partial charge in [-0.05, 0) is 54.1 Å². The highest BCUT2D eigenvalue weighted by atomic mass is 35.5. The van der Waals surface area contributed by atoms with Gasteiger partial charge in [0, 0.05) is 36.1 Å². The fraction of sp³-hybridized carbons (Fsp3) is 0.107. The van der Waals surface area contributed by atoms with Crippen molar-refractivity contribution >= 4 is 40.7 Å². The molecule has 0 aliphatic heterocycles. The van der Waals surface area contributed by atoms with Gasteiger partial charge in [-0.15, -0.1) is 0 Å². The lowest BCUT2D eigenvalue weighted by molar-refractivity contribution is 0.0707. The Morgan fingerprint density at radius 2 is 1.67 bits per heavy atom. The summed E-state index contributed by atoms with van der Waals surface area (Å²) < 4.78 is 0. The van der Waals surface area contributed by atoms with Gasteiger partial charge in [0.2, 0.25) is 0 Å². The van der Waals surface area contributed by atoms with Crippen molar-refractivity contribution in [2.45, 2.75) is 6.54 Å². The van der Waals surface area contributed by atoms with Gasteiger partial charge in [0.15, 0.2) is 0 Å². The van der Waals surface area contributed by atoms with E-state index in [2.05, 4.69) is 10.3 Å². The molecule has 8 heteroatoms. The summed E-state index contributed by atoms with van der Waals surface area (Å²) in [6.45, 7) is 0.340. The lowest BCUT2D eigenvalue weighted by atomic mass is 10.1. The minimum absolute atomic E-state index is 0.140. The number of amides is 2. The summed E-state index contributed by atoms with van der Waals surface area (Å²) >= 11 is 12.7. The molecule has 0 saturated carbocycles. The predicted octanol–water partition coefficient (Wildman–Crippen LogP) is 5.94. The molecule has 0 atom stereocenters. The molecule has 3 aromatic carbocycles. The van der Waals surface area contributed by atoms with Crippen molar-refractivity contribution in [1.82, 2.24) is 9.88 Å². The summed E-state index contributed by atoms with van der Waals surface area (Å²) in [5.74, 6) is -0.718. The first-order valence-electron chi connectivity index (χ1n) is 11.2. The van der Waals surface area contributed by atoms with Gasteiger partial charge >= 0.3 is 0 Å². The van der Waals surface area contributed by atoms with Gasteiger partial charge in [-0.2, -0.15) is 0 Å². The minimum atomic E-state index is -0.426. The predicted molar refractivity (Wildman–Crippen MR) is 142 cm³/mol. The summed E-state index contributed by atoms with van der Waals surface area (Å²) in [5, 5.41) is 12.9. The first-order chi connectivity index (χ1) is 17.5. The van der Waals surface area contributed by atoms with E-state index in [1.54, 1.807) is 30.5 Å². The van der Waals surface area contributed by atoms with Crippen LogP contribution in [0, 0.1) is 0 Å². The Hall–Kier alpha value is -3.71. The number of pyridine rings is 1. The molecule has 1 heterocycles. The van der Waals surface area contributed by atoms with E-state index < -0.39 is 5.91 Å². The van der Waals surface area contributed by atoms with Crippen molar-refractivity contribution in [2.24, 2.45) is 0 Å². The second-order valence-electron chi connectivity index (χ2n) is 7.99. The molecule has 182 valence electrons. The largest absolute Gasteiger partial charge is 0.395 e. The number of aromatic nitrogens is 1. The van der Waals surface area contributed by atoms with Crippen LogP contribution in [-0.2, 0) is 6.54 Å². The number of hydrogen-bond acceptors (Lipinski definition) is 4. The molecule has 36 heavy (non-hydrogen) atoms. The molecule has 2 amide bonds.